The van der Waals surface area contributed by atoms with Gasteiger partial charge in [0, 0.05) is 22.7 Å². The minimum atomic E-state index is -0.397. The Morgan fingerprint density at radius 1 is 1.39 bits per heavy atom. The molecule has 1 aromatic carbocycles. The predicted molar refractivity (Wildman–Crippen MR) is 69.3 cm³/mol. The van der Waals surface area contributed by atoms with E-state index in [2.05, 4.69) is 4.98 Å². The summed E-state index contributed by atoms with van der Waals surface area (Å²) in [4.78, 5) is 15.8. The van der Waals surface area contributed by atoms with Gasteiger partial charge in [-0.25, -0.2) is 4.79 Å². The Balaban J connectivity index is 2.54. The Morgan fingerprint density at radius 3 is 2.83 bits per heavy atom. The SMILES string of the molecule is CCOC(=O)c1cnc2c(OC)cc(Cl)cc2c1. The average molecular weight is 266 g/mol. The van der Waals surface area contributed by atoms with E-state index in [-0.39, 0.29) is 0 Å². The number of fused-ring (bicyclic) bond motifs is 1. The van der Waals surface area contributed by atoms with Gasteiger partial charge in [0.15, 0.2) is 0 Å². The molecule has 18 heavy (non-hydrogen) atoms. The summed E-state index contributed by atoms with van der Waals surface area (Å²) < 4.78 is 10.1. The van der Waals surface area contributed by atoms with Crippen molar-refractivity contribution in [3.05, 3.63) is 35.0 Å². The molecule has 2 aromatic rings. The third kappa shape index (κ3) is 2.38. The van der Waals surface area contributed by atoms with Gasteiger partial charge in [0.25, 0.3) is 0 Å². The van der Waals surface area contributed by atoms with Crippen LogP contribution in [0.5, 0.6) is 5.75 Å². The maximum Gasteiger partial charge on any atom is 0.339 e. The second kappa shape index (κ2) is 5.23. The van der Waals surface area contributed by atoms with Gasteiger partial charge in [0.05, 0.1) is 19.3 Å². The average Bonchev–Trinajstić information content (AvgIpc) is 2.37. The lowest BCUT2D eigenvalue weighted by molar-refractivity contribution is 0.0526. The van der Waals surface area contributed by atoms with Crippen LogP contribution in [0.15, 0.2) is 24.4 Å². The third-order valence-electron chi connectivity index (χ3n) is 2.44. The summed E-state index contributed by atoms with van der Waals surface area (Å²) in [6, 6.07) is 5.10. The molecular formula is C13H12ClNO3. The highest BCUT2D eigenvalue weighted by atomic mass is 35.5. The second-order valence-electron chi connectivity index (χ2n) is 3.62. The fourth-order valence-corrected chi connectivity index (χ4v) is 1.88. The van der Waals surface area contributed by atoms with Crippen LogP contribution in [0.3, 0.4) is 0 Å². The van der Waals surface area contributed by atoms with Crippen molar-refractivity contribution in [3.8, 4) is 5.75 Å². The fraction of sp³-hybridized carbons (Fsp3) is 0.231. The first kappa shape index (κ1) is 12.6. The molecule has 0 aliphatic heterocycles. The number of nitrogens with zero attached hydrogens (tertiary/aromatic N) is 1. The summed E-state index contributed by atoms with van der Waals surface area (Å²) in [5.41, 5.74) is 1.06. The van der Waals surface area contributed by atoms with Crippen molar-refractivity contribution in [2.75, 3.05) is 13.7 Å². The van der Waals surface area contributed by atoms with Gasteiger partial charge < -0.3 is 9.47 Å². The zero-order valence-electron chi connectivity index (χ0n) is 10.1. The molecule has 94 valence electrons. The van der Waals surface area contributed by atoms with E-state index >= 15 is 0 Å². The number of halogens is 1. The van der Waals surface area contributed by atoms with E-state index in [1.165, 1.54) is 6.20 Å². The molecule has 0 saturated heterocycles. The van der Waals surface area contributed by atoms with E-state index in [0.29, 0.717) is 28.5 Å². The number of esters is 1. The molecule has 0 aliphatic carbocycles. The van der Waals surface area contributed by atoms with Crippen LogP contribution in [0.2, 0.25) is 5.02 Å². The van der Waals surface area contributed by atoms with Gasteiger partial charge in [-0.1, -0.05) is 11.6 Å². The van der Waals surface area contributed by atoms with E-state index in [0.717, 1.165) is 5.39 Å². The van der Waals surface area contributed by atoms with E-state index in [1.54, 1.807) is 32.2 Å². The molecule has 0 radical (unpaired) electrons. The zero-order chi connectivity index (χ0) is 13.1. The van der Waals surface area contributed by atoms with Crippen molar-refractivity contribution in [3.63, 3.8) is 0 Å². The van der Waals surface area contributed by atoms with Crippen LogP contribution in [0, 0.1) is 0 Å². The first-order valence-corrected chi connectivity index (χ1v) is 5.84. The molecule has 0 bridgehead atoms. The van der Waals surface area contributed by atoms with Gasteiger partial charge >= 0.3 is 5.97 Å². The minimum Gasteiger partial charge on any atom is -0.494 e. The van der Waals surface area contributed by atoms with Crippen molar-refractivity contribution in [1.29, 1.82) is 0 Å². The number of hydrogen-bond acceptors (Lipinski definition) is 4. The minimum absolute atomic E-state index is 0.329. The number of carbonyl (C=O) groups excluding carboxylic acids is 1. The molecule has 0 spiro atoms. The first-order chi connectivity index (χ1) is 8.65. The van der Waals surface area contributed by atoms with Crippen molar-refractivity contribution in [1.82, 2.24) is 4.98 Å². The molecule has 0 saturated carbocycles. The summed E-state index contributed by atoms with van der Waals surface area (Å²) in [6.07, 6.45) is 1.47. The number of ether oxygens (including phenoxy) is 2. The lowest BCUT2D eigenvalue weighted by Crippen LogP contribution is -2.05. The number of carbonyl (C=O) groups is 1. The van der Waals surface area contributed by atoms with Crippen molar-refractivity contribution >= 4 is 28.5 Å². The normalized spacial score (nSPS) is 10.4. The Labute approximate surface area is 109 Å². The highest BCUT2D eigenvalue weighted by Crippen LogP contribution is 2.28. The molecule has 0 N–H and O–H groups in total. The molecule has 2 rings (SSSR count). The summed E-state index contributed by atoms with van der Waals surface area (Å²) in [5, 5.41) is 1.27. The molecule has 0 unspecified atom stereocenters. The number of aromatic nitrogens is 1. The number of benzene rings is 1. The van der Waals surface area contributed by atoms with E-state index in [9.17, 15) is 4.79 Å². The predicted octanol–water partition coefficient (Wildman–Crippen LogP) is 3.07. The van der Waals surface area contributed by atoms with Gasteiger partial charge in [-0.15, -0.1) is 0 Å². The maximum atomic E-state index is 11.6. The van der Waals surface area contributed by atoms with Gasteiger partial charge in [-0.05, 0) is 19.1 Å². The van der Waals surface area contributed by atoms with Crippen LogP contribution in [-0.4, -0.2) is 24.7 Å². The van der Waals surface area contributed by atoms with Crippen LogP contribution in [0.25, 0.3) is 10.9 Å². The number of hydrogen-bond donors (Lipinski definition) is 0. The summed E-state index contributed by atoms with van der Waals surface area (Å²) in [6.45, 7) is 2.09. The van der Waals surface area contributed by atoms with Gasteiger partial charge in [0.1, 0.15) is 11.3 Å². The largest absolute Gasteiger partial charge is 0.494 e. The lowest BCUT2D eigenvalue weighted by Gasteiger charge is -2.07. The van der Waals surface area contributed by atoms with Crippen LogP contribution in [0.1, 0.15) is 17.3 Å². The zero-order valence-corrected chi connectivity index (χ0v) is 10.8. The summed E-state index contributed by atoms with van der Waals surface area (Å²) >= 11 is 5.97. The number of pyridine rings is 1. The highest BCUT2D eigenvalue weighted by molar-refractivity contribution is 6.31. The smallest absolute Gasteiger partial charge is 0.339 e. The molecule has 0 fully saturated rings. The molecule has 1 heterocycles. The van der Waals surface area contributed by atoms with Gasteiger partial charge in [0.2, 0.25) is 0 Å². The van der Waals surface area contributed by atoms with Crippen LogP contribution >= 0.6 is 11.6 Å². The number of rotatable bonds is 3. The van der Waals surface area contributed by atoms with E-state index in [1.807, 2.05) is 0 Å². The highest BCUT2D eigenvalue weighted by Gasteiger charge is 2.11. The topological polar surface area (TPSA) is 48.4 Å². The Morgan fingerprint density at radius 2 is 2.17 bits per heavy atom. The maximum absolute atomic E-state index is 11.6. The van der Waals surface area contributed by atoms with Crippen molar-refractivity contribution in [2.24, 2.45) is 0 Å². The monoisotopic (exact) mass is 265 g/mol. The van der Waals surface area contributed by atoms with Crippen LogP contribution in [-0.2, 0) is 4.74 Å². The van der Waals surface area contributed by atoms with E-state index in [4.69, 9.17) is 21.1 Å². The summed E-state index contributed by atoms with van der Waals surface area (Å²) in [7, 11) is 1.55. The molecule has 0 aliphatic rings. The third-order valence-corrected chi connectivity index (χ3v) is 2.66. The molecule has 5 heteroatoms. The van der Waals surface area contributed by atoms with Crippen LogP contribution in [0.4, 0.5) is 0 Å². The van der Waals surface area contributed by atoms with E-state index < -0.39 is 5.97 Å². The Kier molecular flexibility index (Phi) is 3.67. The standard InChI is InChI=1S/C13H12ClNO3/c1-3-18-13(16)9-4-8-5-10(14)6-11(17-2)12(8)15-7-9/h4-7H,3H2,1-2H3. The fourth-order valence-electron chi connectivity index (χ4n) is 1.66. The molecule has 0 atom stereocenters. The first-order valence-electron chi connectivity index (χ1n) is 5.46. The van der Waals surface area contributed by atoms with Gasteiger partial charge in [-0.2, -0.15) is 0 Å². The lowest BCUT2D eigenvalue weighted by atomic mass is 10.1. The van der Waals surface area contributed by atoms with Gasteiger partial charge in [-0.3, -0.25) is 4.98 Å². The Hall–Kier alpha value is -1.81. The van der Waals surface area contributed by atoms with Crippen molar-refractivity contribution in [2.45, 2.75) is 6.92 Å². The molecular weight excluding hydrogens is 254 g/mol. The second-order valence-corrected chi connectivity index (χ2v) is 4.06. The summed E-state index contributed by atoms with van der Waals surface area (Å²) in [5.74, 6) is 0.179. The molecule has 4 nitrogen and oxygen atoms in total. The molecule has 1 aromatic heterocycles. The van der Waals surface area contributed by atoms with Crippen molar-refractivity contribution < 1.29 is 14.3 Å². The quantitative estimate of drug-likeness (QED) is 0.800. The number of methoxy groups -OCH3 is 1. The Bertz CT molecular complexity index is 598. The molecule has 0 amide bonds. The van der Waals surface area contributed by atoms with Crippen LogP contribution < -0.4 is 4.74 Å².